The highest BCUT2D eigenvalue weighted by Crippen LogP contribution is 2.39. The molecule has 0 N–H and O–H groups in total. The van der Waals surface area contributed by atoms with Gasteiger partial charge in [-0.25, -0.2) is 4.40 Å². The van der Waals surface area contributed by atoms with Crippen molar-refractivity contribution < 1.29 is 0 Å². The van der Waals surface area contributed by atoms with E-state index in [-0.39, 0.29) is 11.1 Å². The average Bonchev–Trinajstić information content (AvgIpc) is 3.04. The Hall–Kier alpha value is -5.54. The number of fused-ring (bicyclic) bond motifs is 10. The summed E-state index contributed by atoms with van der Waals surface area (Å²) in [4.78, 5) is 27.3. The summed E-state index contributed by atoms with van der Waals surface area (Å²) in [6.45, 7) is 0. The van der Waals surface area contributed by atoms with Crippen molar-refractivity contribution in [3.8, 4) is 11.1 Å². The molecule has 0 amide bonds. The zero-order valence-corrected chi connectivity index (χ0v) is 21.9. The van der Waals surface area contributed by atoms with Crippen LogP contribution < -0.4 is 11.1 Å². The monoisotopic (exact) mass is 523 g/mol. The van der Waals surface area contributed by atoms with Crippen LogP contribution in [0.2, 0.25) is 0 Å². The van der Waals surface area contributed by atoms with Crippen LogP contribution in [-0.4, -0.2) is 4.40 Å². The Bertz CT molecular complexity index is 2550. The number of rotatable bonds is 1. The van der Waals surface area contributed by atoms with Crippen molar-refractivity contribution in [2.45, 2.75) is 0 Å². The quantitative estimate of drug-likeness (QED) is 0.159. The fourth-order valence-corrected chi connectivity index (χ4v) is 6.89. The van der Waals surface area contributed by atoms with Gasteiger partial charge in [-0.3, -0.25) is 9.59 Å². The Morgan fingerprint density at radius 1 is 0.317 bits per heavy atom. The zero-order valence-electron chi connectivity index (χ0n) is 21.9. The molecule has 2 heterocycles. The minimum Gasteiger partial charge on any atom is -0.268 e. The van der Waals surface area contributed by atoms with Gasteiger partial charge in [-0.2, -0.15) is 0 Å². The van der Waals surface area contributed by atoms with Gasteiger partial charge in [0, 0.05) is 21.5 Å². The maximum atomic E-state index is 13.7. The summed E-state index contributed by atoms with van der Waals surface area (Å²) in [7, 11) is 0. The van der Waals surface area contributed by atoms with Crippen LogP contribution in [0.15, 0.2) is 137 Å². The van der Waals surface area contributed by atoms with Gasteiger partial charge >= 0.3 is 0 Å². The highest BCUT2D eigenvalue weighted by molar-refractivity contribution is 6.26. The third-order valence-electron chi connectivity index (χ3n) is 8.71. The molecule has 190 valence electrons. The largest absolute Gasteiger partial charge is 0.268 e. The molecular weight excluding hydrogens is 502 g/mol. The van der Waals surface area contributed by atoms with Crippen LogP contribution in [0.5, 0.6) is 0 Å². The van der Waals surface area contributed by atoms with Crippen molar-refractivity contribution >= 4 is 70.2 Å². The molecule has 3 nitrogen and oxygen atoms in total. The Morgan fingerprint density at radius 2 is 0.659 bits per heavy atom. The molecule has 0 saturated heterocycles. The molecule has 7 aromatic carbocycles. The maximum absolute atomic E-state index is 13.7. The molecule has 0 aliphatic rings. The van der Waals surface area contributed by atoms with Crippen molar-refractivity contribution in [1.82, 2.24) is 4.40 Å². The molecule has 0 bridgehead atoms. The van der Waals surface area contributed by atoms with Gasteiger partial charge < -0.3 is 0 Å². The normalized spacial score (nSPS) is 12.1. The minimum atomic E-state index is -0.273. The zero-order chi connectivity index (χ0) is 27.2. The van der Waals surface area contributed by atoms with Crippen LogP contribution >= 0.6 is 0 Å². The van der Waals surface area contributed by atoms with Gasteiger partial charge in [0.15, 0.2) is 0 Å². The summed E-state index contributed by atoms with van der Waals surface area (Å²) < 4.78 is 1.37. The molecule has 0 aliphatic carbocycles. The summed E-state index contributed by atoms with van der Waals surface area (Å²) >= 11 is 0. The molecule has 0 saturated carbocycles. The van der Waals surface area contributed by atoms with E-state index >= 15 is 0 Å². The van der Waals surface area contributed by atoms with E-state index in [4.69, 9.17) is 0 Å². The van der Waals surface area contributed by atoms with Gasteiger partial charge in [0.1, 0.15) is 0 Å². The van der Waals surface area contributed by atoms with Crippen LogP contribution in [0.4, 0.5) is 0 Å². The predicted octanol–water partition coefficient (Wildman–Crippen LogP) is 8.68. The molecule has 9 rings (SSSR count). The van der Waals surface area contributed by atoms with Crippen molar-refractivity contribution in [2.75, 3.05) is 0 Å². The standard InChI is InChI=1S/C38H21NO2/c40-37-31-15-7-5-13-28(31)34-20-23(21-35-29-14-6-8-16-32(29)38(41)39(37)36(34)35)22-17-18-30-26-11-2-1-9-24(26)25-10-3-4-12-27(25)33(30)19-22/h1-21H. The van der Waals surface area contributed by atoms with Gasteiger partial charge in [0.2, 0.25) is 0 Å². The fourth-order valence-electron chi connectivity index (χ4n) is 6.89. The van der Waals surface area contributed by atoms with Crippen LogP contribution in [0.25, 0.3) is 81.3 Å². The molecular formula is C38H21NO2. The van der Waals surface area contributed by atoms with Gasteiger partial charge in [-0.15, -0.1) is 0 Å². The smallest absolute Gasteiger partial charge is 0.266 e. The first-order chi connectivity index (χ1) is 20.2. The molecule has 9 aromatic rings. The van der Waals surface area contributed by atoms with E-state index in [1.807, 2.05) is 48.5 Å². The summed E-state index contributed by atoms with van der Waals surface area (Å²) in [5.41, 5.74) is 2.27. The first-order valence-corrected chi connectivity index (χ1v) is 13.8. The first kappa shape index (κ1) is 22.3. The molecule has 0 spiro atoms. The Labute approximate surface area is 233 Å². The summed E-state index contributed by atoms with van der Waals surface area (Å²) in [6, 6.07) is 43.4. The lowest BCUT2D eigenvalue weighted by atomic mass is 9.90. The van der Waals surface area contributed by atoms with E-state index in [1.165, 1.54) is 36.7 Å². The van der Waals surface area contributed by atoms with E-state index in [9.17, 15) is 9.59 Å². The van der Waals surface area contributed by atoms with Gasteiger partial charge in [-0.05, 0) is 84.5 Å². The van der Waals surface area contributed by atoms with Crippen molar-refractivity contribution in [3.05, 3.63) is 148 Å². The summed E-state index contributed by atoms with van der Waals surface area (Å²) in [5, 5.41) is 12.0. The number of benzene rings is 7. The van der Waals surface area contributed by atoms with E-state index in [0.29, 0.717) is 16.3 Å². The predicted molar refractivity (Wildman–Crippen MR) is 172 cm³/mol. The molecule has 2 aromatic heterocycles. The number of pyridine rings is 2. The van der Waals surface area contributed by atoms with E-state index in [1.54, 1.807) is 0 Å². The lowest BCUT2D eigenvalue weighted by Crippen LogP contribution is -2.27. The van der Waals surface area contributed by atoms with Crippen molar-refractivity contribution in [3.63, 3.8) is 0 Å². The molecule has 0 fully saturated rings. The fraction of sp³-hybridized carbons (Fsp3) is 0. The number of hydrogen-bond donors (Lipinski definition) is 0. The second-order valence-corrected chi connectivity index (χ2v) is 10.8. The second-order valence-electron chi connectivity index (χ2n) is 10.8. The summed E-state index contributed by atoms with van der Waals surface area (Å²) in [6.07, 6.45) is 0. The van der Waals surface area contributed by atoms with Gasteiger partial charge in [-0.1, -0.05) is 97.1 Å². The van der Waals surface area contributed by atoms with E-state index in [2.05, 4.69) is 78.9 Å². The molecule has 3 heteroatoms. The maximum Gasteiger partial charge on any atom is 0.266 e. The highest BCUT2D eigenvalue weighted by Gasteiger charge is 2.18. The Morgan fingerprint density at radius 3 is 1.12 bits per heavy atom. The highest BCUT2D eigenvalue weighted by atomic mass is 16.2. The van der Waals surface area contributed by atoms with E-state index < -0.39 is 0 Å². The topological polar surface area (TPSA) is 38.5 Å². The lowest BCUT2D eigenvalue weighted by molar-refractivity contribution is 1.09. The van der Waals surface area contributed by atoms with Crippen molar-refractivity contribution in [2.24, 2.45) is 0 Å². The minimum absolute atomic E-state index is 0.273. The van der Waals surface area contributed by atoms with E-state index in [0.717, 1.165) is 32.7 Å². The van der Waals surface area contributed by atoms with Crippen molar-refractivity contribution in [1.29, 1.82) is 0 Å². The molecule has 0 atom stereocenters. The Balaban J connectivity index is 1.47. The first-order valence-electron chi connectivity index (χ1n) is 13.8. The third-order valence-corrected chi connectivity index (χ3v) is 8.71. The average molecular weight is 524 g/mol. The van der Waals surface area contributed by atoms with Crippen LogP contribution in [0.3, 0.4) is 0 Å². The number of hydrogen-bond acceptors (Lipinski definition) is 2. The molecule has 0 unspecified atom stereocenters. The SMILES string of the molecule is O=c1c2ccccc2c2cc(-c3ccc4c5ccccc5c5ccccc5c4c3)cc3c4ccccc4c(=O)n1c23. The number of nitrogens with zero attached hydrogens (tertiary/aromatic N) is 1. The second kappa shape index (κ2) is 8.00. The molecule has 0 aliphatic heterocycles. The summed E-state index contributed by atoms with van der Waals surface area (Å²) in [5.74, 6) is 0. The van der Waals surface area contributed by atoms with Crippen LogP contribution in [0.1, 0.15) is 0 Å². The van der Waals surface area contributed by atoms with Gasteiger partial charge in [0.05, 0.1) is 5.52 Å². The number of aromatic nitrogens is 1. The van der Waals surface area contributed by atoms with Gasteiger partial charge in [0.25, 0.3) is 11.1 Å². The molecule has 41 heavy (non-hydrogen) atoms. The Kier molecular flexibility index (Phi) is 4.35. The lowest BCUT2D eigenvalue weighted by Gasteiger charge is -2.16. The molecule has 0 radical (unpaired) electrons. The third kappa shape index (κ3) is 2.92. The van der Waals surface area contributed by atoms with Crippen LogP contribution in [-0.2, 0) is 0 Å². The van der Waals surface area contributed by atoms with Crippen LogP contribution in [0, 0.1) is 0 Å².